The normalized spacial score (nSPS) is 19.7. The molecule has 1 atom stereocenters. The second-order valence-corrected chi connectivity index (χ2v) is 5.71. The van der Waals surface area contributed by atoms with Crippen molar-refractivity contribution in [1.29, 1.82) is 0 Å². The van der Waals surface area contributed by atoms with Gasteiger partial charge in [0.2, 0.25) is 0 Å². The Morgan fingerprint density at radius 3 is 2.41 bits per heavy atom. The van der Waals surface area contributed by atoms with E-state index in [-0.39, 0.29) is 5.60 Å². The van der Waals surface area contributed by atoms with Crippen LogP contribution in [0.1, 0.15) is 24.8 Å². The van der Waals surface area contributed by atoms with Crippen LogP contribution in [-0.2, 0) is 11.2 Å². The minimum Gasteiger partial charge on any atom is -0.377 e. The predicted octanol–water partition coefficient (Wildman–Crippen LogP) is 3.15. The van der Waals surface area contributed by atoms with Crippen molar-refractivity contribution < 1.29 is 4.74 Å². The number of ether oxygens (including phenoxy) is 1. The van der Waals surface area contributed by atoms with Gasteiger partial charge in [0.15, 0.2) is 0 Å². The van der Waals surface area contributed by atoms with Crippen molar-refractivity contribution >= 4 is 15.9 Å². The zero-order valence-corrected chi connectivity index (χ0v) is 12.1. The highest BCUT2D eigenvalue weighted by atomic mass is 79.9. The van der Waals surface area contributed by atoms with Crippen LogP contribution in [0.3, 0.4) is 0 Å². The van der Waals surface area contributed by atoms with Gasteiger partial charge in [-0.05, 0) is 50.4 Å². The molecule has 3 heteroatoms. The zero-order chi connectivity index (χ0) is 12.3. The fraction of sp³-hybridized carbons (Fsp3) is 0.571. The summed E-state index contributed by atoms with van der Waals surface area (Å²) in [6.07, 6.45) is 4.65. The summed E-state index contributed by atoms with van der Waals surface area (Å²) in [5, 5.41) is 3.42. The first kappa shape index (κ1) is 13.1. The summed E-state index contributed by atoms with van der Waals surface area (Å²) in [5.74, 6) is 0. The van der Waals surface area contributed by atoms with Gasteiger partial charge in [-0.15, -0.1) is 0 Å². The van der Waals surface area contributed by atoms with Gasteiger partial charge in [-0.3, -0.25) is 0 Å². The quantitative estimate of drug-likeness (QED) is 0.901. The van der Waals surface area contributed by atoms with Crippen molar-refractivity contribution in [3.05, 3.63) is 34.3 Å². The van der Waals surface area contributed by atoms with E-state index in [1.807, 2.05) is 14.2 Å². The van der Waals surface area contributed by atoms with E-state index in [9.17, 15) is 0 Å². The Morgan fingerprint density at radius 1 is 1.35 bits per heavy atom. The van der Waals surface area contributed by atoms with E-state index in [1.54, 1.807) is 0 Å². The molecule has 94 valence electrons. The molecule has 0 bridgehead atoms. The molecule has 0 radical (unpaired) electrons. The first-order chi connectivity index (χ1) is 8.20. The fourth-order valence-electron chi connectivity index (χ4n) is 2.63. The number of benzene rings is 1. The highest BCUT2D eigenvalue weighted by molar-refractivity contribution is 9.10. The molecule has 1 aromatic rings. The summed E-state index contributed by atoms with van der Waals surface area (Å²) in [4.78, 5) is 0. The molecule has 1 aliphatic rings. The van der Waals surface area contributed by atoms with Gasteiger partial charge in [0, 0.05) is 17.6 Å². The minimum atomic E-state index is 0.0574. The molecule has 0 aromatic heterocycles. The van der Waals surface area contributed by atoms with Crippen LogP contribution >= 0.6 is 15.9 Å². The van der Waals surface area contributed by atoms with Gasteiger partial charge in [-0.1, -0.05) is 28.1 Å². The van der Waals surface area contributed by atoms with Crippen molar-refractivity contribution in [2.24, 2.45) is 0 Å². The van der Waals surface area contributed by atoms with E-state index in [0.29, 0.717) is 6.04 Å². The van der Waals surface area contributed by atoms with E-state index in [2.05, 4.69) is 45.5 Å². The lowest BCUT2D eigenvalue weighted by Gasteiger charge is -2.46. The molecule has 1 saturated carbocycles. The Labute approximate surface area is 112 Å². The van der Waals surface area contributed by atoms with Crippen LogP contribution in [0.5, 0.6) is 0 Å². The SMILES string of the molecule is CNC(Cc1ccc(Br)cc1)C1(OC)CCC1. The van der Waals surface area contributed by atoms with Gasteiger partial charge >= 0.3 is 0 Å². The van der Waals surface area contributed by atoms with Crippen molar-refractivity contribution in [3.8, 4) is 0 Å². The summed E-state index contributed by atoms with van der Waals surface area (Å²) in [5.41, 5.74) is 1.41. The molecule has 0 aliphatic heterocycles. The van der Waals surface area contributed by atoms with Crippen LogP contribution in [0.15, 0.2) is 28.7 Å². The average molecular weight is 298 g/mol. The molecule has 1 fully saturated rings. The van der Waals surface area contributed by atoms with Crippen molar-refractivity contribution in [2.45, 2.75) is 37.3 Å². The third-order valence-corrected chi connectivity index (χ3v) is 4.47. The highest BCUT2D eigenvalue weighted by Crippen LogP contribution is 2.39. The maximum atomic E-state index is 5.75. The molecular formula is C14H20BrNO. The minimum absolute atomic E-state index is 0.0574. The first-order valence-electron chi connectivity index (χ1n) is 6.17. The van der Waals surface area contributed by atoms with E-state index < -0.39 is 0 Å². The van der Waals surface area contributed by atoms with Crippen LogP contribution in [-0.4, -0.2) is 25.8 Å². The molecule has 0 amide bonds. The van der Waals surface area contributed by atoms with Gasteiger partial charge in [0.1, 0.15) is 0 Å². The summed E-state index contributed by atoms with van der Waals surface area (Å²) in [6.45, 7) is 0. The molecule has 0 saturated heterocycles. The number of hydrogen-bond acceptors (Lipinski definition) is 2. The molecular weight excluding hydrogens is 278 g/mol. The van der Waals surface area contributed by atoms with Gasteiger partial charge in [0.05, 0.1) is 5.60 Å². The van der Waals surface area contributed by atoms with Crippen molar-refractivity contribution in [1.82, 2.24) is 5.32 Å². The van der Waals surface area contributed by atoms with Crippen LogP contribution in [0, 0.1) is 0 Å². The lowest BCUT2D eigenvalue weighted by Crippen LogP contribution is -2.56. The highest BCUT2D eigenvalue weighted by Gasteiger charge is 2.43. The molecule has 1 aromatic carbocycles. The number of hydrogen-bond donors (Lipinski definition) is 1. The van der Waals surface area contributed by atoms with E-state index >= 15 is 0 Å². The van der Waals surface area contributed by atoms with Crippen LogP contribution in [0.4, 0.5) is 0 Å². The molecule has 1 unspecified atom stereocenters. The smallest absolute Gasteiger partial charge is 0.0834 e. The Hall–Kier alpha value is -0.380. The van der Waals surface area contributed by atoms with Crippen LogP contribution < -0.4 is 5.32 Å². The summed E-state index contributed by atoms with van der Waals surface area (Å²) < 4.78 is 6.88. The molecule has 2 rings (SSSR count). The third-order valence-electron chi connectivity index (χ3n) is 3.94. The monoisotopic (exact) mass is 297 g/mol. The standard InChI is InChI=1S/C14H20BrNO/c1-16-13(14(17-2)8-3-9-14)10-11-4-6-12(15)7-5-11/h4-7,13,16H,3,8-10H2,1-2H3. The van der Waals surface area contributed by atoms with E-state index in [1.165, 1.54) is 24.8 Å². The summed E-state index contributed by atoms with van der Waals surface area (Å²) in [6, 6.07) is 8.96. The van der Waals surface area contributed by atoms with Crippen molar-refractivity contribution in [3.63, 3.8) is 0 Å². The number of rotatable bonds is 5. The largest absolute Gasteiger partial charge is 0.377 e. The Kier molecular flexibility index (Phi) is 4.23. The Balaban J connectivity index is 2.07. The van der Waals surface area contributed by atoms with E-state index in [0.717, 1.165) is 10.9 Å². The van der Waals surface area contributed by atoms with Gasteiger partial charge < -0.3 is 10.1 Å². The first-order valence-corrected chi connectivity index (χ1v) is 6.96. The molecule has 1 aliphatic carbocycles. The maximum Gasteiger partial charge on any atom is 0.0834 e. The molecule has 2 nitrogen and oxygen atoms in total. The van der Waals surface area contributed by atoms with Gasteiger partial charge in [-0.25, -0.2) is 0 Å². The predicted molar refractivity (Wildman–Crippen MR) is 74.3 cm³/mol. The van der Waals surface area contributed by atoms with Crippen LogP contribution in [0.2, 0.25) is 0 Å². The number of halogens is 1. The number of methoxy groups -OCH3 is 1. The number of nitrogens with one attached hydrogen (secondary N) is 1. The van der Waals surface area contributed by atoms with Crippen molar-refractivity contribution in [2.75, 3.05) is 14.2 Å². The summed E-state index contributed by atoms with van der Waals surface area (Å²) >= 11 is 3.47. The topological polar surface area (TPSA) is 21.3 Å². The maximum absolute atomic E-state index is 5.75. The lowest BCUT2D eigenvalue weighted by atomic mass is 9.72. The molecule has 17 heavy (non-hydrogen) atoms. The Morgan fingerprint density at radius 2 is 2.00 bits per heavy atom. The van der Waals surface area contributed by atoms with Gasteiger partial charge in [0.25, 0.3) is 0 Å². The lowest BCUT2D eigenvalue weighted by molar-refractivity contribution is -0.0966. The number of likely N-dealkylation sites (N-methyl/N-ethyl adjacent to an activating group) is 1. The molecule has 1 N–H and O–H groups in total. The third kappa shape index (κ3) is 2.72. The Bertz CT molecular complexity index is 353. The average Bonchev–Trinajstić information content (AvgIpc) is 2.29. The second-order valence-electron chi connectivity index (χ2n) is 4.79. The molecule has 0 heterocycles. The van der Waals surface area contributed by atoms with Gasteiger partial charge in [-0.2, -0.15) is 0 Å². The van der Waals surface area contributed by atoms with Crippen LogP contribution in [0.25, 0.3) is 0 Å². The summed E-state index contributed by atoms with van der Waals surface area (Å²) in [7, 11) is 3.87. The molecule has 0 spiro atoms. The van der Waals surface area contributed by atoms with E-state index in [4.69, 9.17) is 4.74 Å². The second kappa shape index (κ2) is 5.51. The fourth-order valence-corrected chi connectivity index (χ4v) is 2.89. The zero-order valence-electron chi connectivity index (χ0n) is 10.5.